The zero-order valence-electron chi connectivity index (χ0n) is 22.4. The molecule has 0 spiro atoms. The van der Waals surface area contributed by atoms with E-state index < -0.39 is 35.6 Å². The van der Waals surface area contributed by atoms with Crippen LogP contribution in [0, 0.1) is 39.2 Å². The Morgan fingerprint density at radius 1 is 0.972 bits per heavy atom. The first-order valence-electron chi connectivity index (χ1n) is 12.0. The first kappa shape index (κ1) is 28.4. The molecular formula is C29H37N3O4. The molecule has 2 N–H and O–H groups in total. The number of hydrogen-bond donors (Lipinski definition) is 2. The molecule has 0 radical (unpaired) electrons. The van der Waals surface area contributed by atoms with Crippen LogP contribution in [0.1, 0.15) is 62.9 Å². The van der Waals surface area contributed by atoms with Gasteiger partial charge >= 0.3 is 6.09 Å². The van der Waals surface area contributed by atoms with Crippen molar-refractivity contribution in [3.8, 4) is 12.5 Å². The monoisotopic (exact) mass is 491 g/mol. The van der Waals surface area contributed by atoms with E-state index in [1.165, 1.54) is 0 Å². The number of alkyl carbamates (subject to hydrolysis) is 1. The summed E-state index contributed by atoms with van der Waals surface area (Å²) in [5, 5.41) is 5.56. The minimum atomic E-state index is -1.12. The molecule has 0 heterocycles. The van der Waals surface area contributed by atoms with Gasteiger partial charge in [-0.05, 0) is 75.8 Å². The minimum absolute atomic E-state index is 0.320. The molecule has 0 bridgehead atoms. The maximum Gasteiger partial charge on any atom is 0.408 e. The molecule has 2 unspecified atom stereocenters. The predicted octanol–water partition coefficient (Wildman–Crippen LogP) is 5.26. The van der Waals surface area contributed by atoms with E-state index in [9.17, 15) is 14.4 Å². The summed E-state index contributed by atoms with van der Waals surface area (Å²) < 4.78 is 5.35. The van der Waals surface area contributed by atoms with Crippen LogP contribution in [-0.4, -0.2) is 34.5 Å². The smallest absolute Gasteiger partial charge is 0.408 e. The number of para-hydroxylation sites is 1. The summed E-state index contributed by atoms with van der Waals surface area (Å²) in [5.41, 5.74) is 3.15. The Labute approximate surface area is 214 Å². The van der Waals surface area contributed by atoms with E-state index >= 15 is 0 Å². The lowest BCUT2D eigenvalue weighted by atomic mass is 9.94. The highest BCUT2D eigenvalue weighted by Gasteiger charge is 2.38. The van der Waals surface area contributed by atoms with Crippen LogP contribution in [0.15, 0.2) is 42.5 Å². The topological polar surface area (TPSA) is 87.7 Å². The molecule has 2 atom stereocenters. The summed E-state index contributed by atoms with van der Waals surface area (Å²) in [5.74, 6) is -1.35. The van der Waals surface area contributed by atoms with Crippen molar-refractivity contribution in [3.05, 3.63) is 64.7 Å². The van der Waals surface area contributed by atoms with Crippen LogP contribution >= 0.6 is 0 Å². The minimum Gasteiger partial charge on any atom is -0.444 e. The van der Waals surface area contributed by atoms with Crippen molar-refractivity contribution in [3.63, 3.8) is 0 Å². The second-order valence-electron chi connectivity index (χ2n) is 10.2. The number of amides is 3. The molecule has 0 aromatic heterocycles. The molecular weight excluding hydrogens is 454 g/mol. The van der Waals surface area contributed by atoms with Gasteiger partial charge in [-0.3, -0.25) is 14.5 Å². The van der Waals surface area contributed by atoms with Gasteiger partial charge in [0.05, 0.1) is 0 Å². The molecule has 2 aromatic carbocycles. The number of carbonyl (C=O) groups is 3. The third-order valence-electron chi connectivity index (χ3n) is 5.83. The van der Waals surface area contributed by atoms with E-state index in [2.05, 4.69) is 16.7 Å². The van der Waals surface area contributed by atoms with Crippen LogP contribution in [-0.2, 0) is 14.3 Å². The lowest BCUT2D eigenvalue weighted by molar-refractivity contribution is -0.137. The summed E-state index contributed by atoms with van der Waals surface area (Å²) in [7, 11) is 0. The van der Waals surface area contributed by atoms with Gasteiger partial charge in [0.2, 0.25) is 0 Å². The molecule has 36 heavy (non-hydrogen) atoms. The SMILES string of the molecule is C#CN(C(=O)C(NC(=O)OC(C)(C)C)C(C)C)C(C(=O)Nc1ccccc1C)c1cccc(C)c1C. The Morgan fingerprint density at radius 3 is 2.14 bits per heavy atom. The molecule has 2 aromatic rings. The number of terminal acetylenes is 1. The average molecular weight is 492 g/mol. The van der Waals surface area contributed by atoms with Gasteiger partial charge in [-0.15, -0.1) is 0 Å². The molecule has 2 rings (SSSR count). The average Bonchev–Trinajstić information content (AvgIpc) is 2.77. The first-order chi connectivity index (χ1) is 16.8. The fourth-order valence-corrected chi connectivity index (χ4v) is 3.75. The summed E-state index contributed by atoms with van der Waals surface area (Å²) >= 11 is 0. The summed E-state index contributed by atoms with van der Waals surface area (Å²) in [6, 6.07) is 13.2. The Hall–Kier alpha value is -3.79. The number of nitrogens with one attached hydrogen (secondary N) is 2. The van der Waals surface area contributed by atoms with E-state index in [4.69, 9.17) is 11.2 Å². The number of anilines is 1. The van der Waals surface area contributed by atoms with E-state index in [0.29, 0.717) is 11.3 Å². The van der Waals surface area contributed by atoms with E-state index in [1.54, 1.807) is 46.8 Å². The largest absolute Gasteiger partial charge is 0.444 e. The molecule has 3 amide bonds. The molecule has 0 saturated heterocycles. The van der Waals surface area contributed by atoms with E-state index in [-0.39, 0.29) is 5.92 Å². The van der Waals surface area contributed by atoms with Gasteiger partial charge in [-0.1, -0.05) is 56.7 Å². The number of rotatable bonds is 7. The quantitative estimate of drug-likeness (QED) is 0.409. The van der Waals surface area contributed by atoms with Crippen LogP contribution in [0.25, 0.3) is 0 Å². The maximum absolute atomic E-state index is 13.8. The number of benzene rings is 2. The van der Waals surface area contributed by atoms with Crippen LogP contribution in [0.2, 0.25) is 0 Å². The fourth-order valence-electron chi connectivity index (χ4n) is 3.75. The highest BCUT2D eigenvalue weighted by Crippen LogP contribution is 2.29. The van der Waals surface area contributed by atoms with E-state index in [0.717, 1.165) is 21.6 Å². The van der Waals surface area contributed by atoms with Gasteiger partial charge in [0.15, 0.2) is 0 Å². The van der Waals surface area contributed by atoms with Gasteiger partial charge in [0, 0.05) is 11.7 Å². The molecule has 0 saturated carbocycles. The van der Waals surface area contributed by atoms with Crippen molar-refractivity contribution in [1.29, 1.82) is 0 Å². The number of carbonyl (C=O) groups excluding carboxylic acids is 3. The van der Waals surface area contributed by atoms with Crippen molar-refractivity contribution in [1.82, 2.24) is 10.2 Å². The Morgan fingerprint density at radius 2 is 1.58 bits per heavy atom. The number of nitrogens with zero attached hydrogens (tertiary/aromatic N) is 1. The summed E-state index contributed by atoms with van der Waals surface area (Å²) in [6.07, 6.45) is 5.13. The number of ether oxygens (including phenoxy) is 1. The molecule has 192 valence electrons. The molecule has 0 fully saturated rings. The molecule has 7 nitrogen and oxygen atoms in total. The standard InChI is InChI=1S/C29H37N3O4/c1-10-32(27(34)24(18(2)3)31-28(35)36-29(7,8)9)25(22-16-13-15-19(4)21(22)6)26(33)30-23-17-12-11-14-20(23)5/h1,11-18,24-25H,2-9H3,(H,30,33)(H,31,35). The Balaban J connectivity index is 2.52. The second-order valence-corrected chi connectivity index (χ2v) is 10.2. The second kappa shape index (κ2) is 11.8. The van der Waals surface area contributed by atoms with Gasteiger partial charge in [-0.25, -0.2) is 4.79 Å². The normalized spacial score (nSPS) is 12.8. The molecule has 0 aliphatic carbocycles. The lowest BCUT2D eigenvalue weighted by Crippen LogP contribution is -2.53. The van der Waals surface area contributed by atoms with Crippen LogP contribution in [0.4, 0.5) is 10.5 Å². The zero-order valence-corrected chi connectivity index (χ0v) is 22.4. The van der Waals surface area contributed by atoms with Gasteiger partial charge < -0.3 is 15.4 Å². The van der Waals surface area contributed by atoms with Gasteiger partial charge in [0.1, 0.15) is 17.7 Å². The van der Waals surface area contributed by atoms with Gasteiger partial charge in [-0.2, -0.15) is 0 Å². The van der Waals surface area contributed by atoms with Crippen molar-refractivity contribution < 1.29 is 19.1 Å². The zero-order chi connectivity index (χ0) is 27.2. The predicted molar refractivity (Wildman–Crippen MR) is 142 cm³/mol. The fraction of sp³-hybridized carbons (Fsp3) is 0.414. The van der Waals surface area contributed by atoms with Crippen molar-refractivity contribution in [2.24, 2.45) is 5.92 Å². The first-order valence-corrected chi connectivity index (χ1v) is 12.0. The molecule has 0 aliphatic rings. The van der Waals surface area contributed by atoms with Crippen molar-refractivity contribution in [2.75, 3.05) is 5.32 Å². The highest BCUT2D eigenvalue weighted by molar-refractivity contribution is 6.00. The van der Waals surface area contributed by atoms with Crippen LogP contribution < -0.4 is 10.6 Å². The number of aryl methyl sites for hydroxylation is 2. The summed E-state index contributed by atoms with van der Waals surface area (Å²) in [6.45, 7) is 14.5. The Kier molecular flexibility index (Phi) is 9.29. The summed E-state index contributed by atoms with van der Waals surface area (Å²) in [4.78, 5) is 41.1. The third kappa shape index (κ3) is 7.11. The highest BCUT2D eigenvalue weighted by atomic mass is 16.6. The van der Waals surface area contributed by atoms with Crippen molar-refractivity contribution in [2.45, 2.75) is 73.1 Å². The molecule has 0 aliphatic heterocycles. The molecule has 7 heteroatoms. The van der Waals surface area contributed by atoms with Crippen LogP contribution in [0.5, 0.6) is 0 Å². The lowest BCUT2D eigenvalue weighted by Gasteiger charge is -2.32. The van der Waals surface area contributed by atoms with E-state index in [1.807, 2.05) is 51.1 Å². The van der Waals surface area contributed by atoms with Crippen LogP contribution in [0.3, 0.4) is 0 Å². The van der Waals surface area contributed by atoms with Gasteiger partial charge in [0.25, 0.3) is 11.8 Å². The third-order valence-corrected chi connectivity index (χ3v) is 5.83. The maximum atomic E-state index is 13.8. The number of hydrogen-bond acceptors (Lipinski definition) is 4. The Bertz CT molecular complexity index is 1160. The van der Waals surface area contributed by atoms with Crippen molar-refractivity contribution >= 4 is 23.6 Å².